The first-order valence-corrected chi connectivity index (χ1v) is 12.9. The summed E-state index contributed by atoms with van der Waals surface area (Å²) in [5.41, 5.74) is 3.49. The van der Waals surface area contributed by atoms with Gasteiger partial charge in [0.15, 0.2) is 0 Å². The van der Waals surface area contributed by atoms with E-state index in [4.69, 9.17) is 22.0 Å². The number of nitrogens with one attached hydrogen (secondary N) is 2. The molecule has 1 aliphatic heterocycles. The van der Waals surface area contributed by atoms with Crippen molar-refractivity contribution in [2.45, 2.75) is 52.6 Å². The molecule has 200 valence electrons. The lowest BCUT2D eigenvalue weighted by molar-refractivity contribution is 0.0747. The van der Waals surface area contributed by atoms with Crippen LogP contribution < -0.4 is 5.32 Å². The van der Waals surface area contributed by atoms with E-state index in [-0.39, 0.29) is 46.7 Å². The summed E-state index contributed by atoms with van der Waals surface area (Å²) in [6, 6.07) is 9.24. The van der Waals surface area contributed by atoms with Gasteiger partial charge in [-0.25, -0.2) is 14.2 Å². The molecule has 0 radical (unpaired) electrons. The summed E-state index contributed by atoms with van der Waals surface area (Å²) in [4.78, 5) is 24.2. The second-order valence-electron chi connectivity index (χ2n) is 10.00. The van der Waals surface area contributed by atoms with E-state index < -0.39 is 11.9 Å². The molecular formula is C28H32ClFN6O2. The first-order chi connectivity index (χ1) is 18.0. The van der Waals surface area contributed by atoms with Gasteiger partial charge in [-0.1, -0.05) is 37.6 Å². The molecule has 2 aromatic heterocycles. The molecule has 1 fully saturated rings. The maximum absolute atomic E-state index is 14.8. The molecule has 4 rings (SSSR count). The van der Waals surface area contributed by atoms with E-state index in [0.29, 0.717) is 17.9 Å². The number of rotatable bonds is 5. The molecular weight excluding hydrogens is 507 g/mol. The van der Waals surface area contributed by atoms with Crippen molar-refractivity contribution in [1.29, 1.82) is 5.41 Å². The van der Waals surface area contributed by atoms with Crippen molar-refractivity contribution in [3.63, 3.8) is 0 Å². The third-order valence-corrected chi connectivity index (χ3v) is 7.15. The Hall–Kier alpha value is -3.72. The van der Waals surface area contributed by atoms with Gasteiger partial charge in [0, 0.05) is 36.9 Å². The highest BCUT2D eigenvalue weighted by atomic mass is 35.5. The molecule has 8 nitrogen and oxygen atoms in total. The van der Waals surface area contributed by atoms with Gasteiger partial charge < -0.3 is 20.2 Å². The number of amidine groups is 1. The van der Waals surface area contributed by atoms with Crippen LogP contribution in [0.2, 0.25) is 5.02 Å². The third kappa shape index (κ3) is 5.29. The quantitative estimate of drug-likeness (QED) is 0.252. The normalized spacial score (nSPS) is 17.6. The van der Waals surface area contributed by atoms with Crippen molar-refractivity contribution in [2.24, 2.45) is 0 Å². The Kier molecular flexibility index (Phi) is 7.87. The molecule has 10 heteroatoms. The molecule has 2 atom stereocenters. The monoisotopic (exact) mass is 538 g/mol. The molecule has 0 bridgehead atoms. The Morgan fingerprint density at radius 3 is 2.50 bits per heavy atom. The number of amides is 1. The predicted octanol–water partition coefficient (Wildman–Crippen LogP) is 6.51. The summed E-state index contributed by atoms with van der Waals surface area (Å²) in [6.07, 6.45) is 0.772. The fourth-order valence-corrected chi connectivity index (χ4v) is 5.02. The van der Waals surface area contributed by atoms with E-state index in [1.807, 2.05) is 45.6 Å². The Balaban J connectivity index is 1.84. The van der Waals surface area contributed by atoms with Crippen LogP contribution in [-0.2, 0) is 0 Å². The van der Waals surface area contributed by atoms with Gasteiger partial charge in [-0.3, -0.25) is 10.4 Å². The number of aromatic nitrogens is 2. The summed E-state index contributed by atoms with van der Waals surface area (Å²) in [5, 5.41) is 22.3. The Bertz CT molecular complexity index is 1380. The second-order valence-corrected chi connectivity index (χ2v) is 10.4. The minimum Gasteiger partial charge on any atom is -0.465 e. The minimum absolute atomic E-state index is 0.114. The summed E-state index contributed by atoms with van der Waals surface area (Å²) in [5.74, 6) is 0.155. The highest BCUT2D eigenvalue weighted by Gasteiger charge is 2.34. The van der Waals surface area contributed by atoms with Crippen LogP contribution in [0.5, 0.6) is 0 Å². The maximum atomic E-state index is 14.8. The van der Waals surface area contributed by atoms with Gasteiger partial charge in [0.25, 0.3) is 0 Å². The van der Waals surface area contributed by atoms with Crippen molar-refractivity contribution in [3.8, 4) is 11.3 Å². The van der Waals surface area contributed by atoms with Crippen molar-refractivity contribution < 1.29 is 14.3 Å². The van der Waals surface area contributed by atoms with E-state index in [9.17, 15) is 14.3 Å². The number of pyridine rings is 2. The van der Waals surface area contributed by atoms with Crippen LogP contribution in [0.4, 0.5) is 20.7 Å². The number of nitrogens with zero attached hydrogens (tertiary/aromatic N) is 4. The van der Waals surface area contributed by atoms with E-state index >= 15 is 0 Å². The number of carboxylic acid groups (broad SMARTS) is 1. The molecule has 0 saturated carbocycles. The number of hydrogen-bond donors (Lipinski definition) is 3. The number of piperazine rings is 1. The zero-order valence-corrected chi connectivity index (χ0v) is 22.8. The minimum atomic E-state index is -0.981. The van der Waals surface area contributed by atoms with Gasteiger partial charge in [0.1, 0.15) is 17.5 Å². The highest BCUT2D eigenvalue weighted by molar-refractivity contribution is 6.33. The molecule has 3 heterocycles. The summed E-state index contributed by atoms with van der Waals surface area (Å²) < 4.78 is 14.8. The number of benzene rings is 1. The molecule has 3 N–H and O–H groups in total. The first-order valence-electron chi connectivity index (χ1n) is 12.5. The van der Waals surface area contributed by atoms with Gasteiger partial charge in [0.05, 0.1) is 27.7 Å². The number of anilines is 2. The average molecular weight is 539 g/mol. The molecule has 1 aliphatic rings. The van der Waals surface area contributed by atoms with Crippen LogP contribution in [-0.4, -0.2) is 62.0 Å². The van der Waals surface area contributed by atoms with Gasteiger partial charge in [-0.05, 0) is 56.5 Å². The van der Waals surface area contributed by atoms with Crippen LogP contribution >= 0.6 is 11.6 Å². The van der Waals surface area contributed by atoms with Crippen LogP contribution in [0.1, 0.15) is 50.4 Å². The smallest absolute Gasteiger partial charge is 0.407 e. The van der Waals surface area contributed by atoms with Crippen molar-refractivity contribution in [1.82, 2.24) is 19.8 Å². The topological polar surface area (TPSA) is 105 Å². The van der Waals surface area contributed by atoms with E-state index in [1.54, 1.807) is 30.5 Å². The Labute approximate surface area is 227 Å². The molecule has 1 saturated heterocycles. The van der Waals surface area contributed by atoms with Gasteiger partial charge >= 0.3 is 6.09 Å². The highest BCUT2D eigenvalue weighted by Crippen LogP contribution is 2.36. The second kappa shape index (κ2) is 10.9. The van der Waals surface area contributed by atoms with E-state index in [2.05, 4.69) is 10.3 Å². The number of hydrogen-bond acceptors (Lipinski definition) is 5. The van der Waals surface area contributed by atoms with Gasteiger partial charge in [0.2, 0.25) is 0 Å². The first kappa shape index (κ1) is 27.3. The lowest BCUT2D eigenvalue weighted by atomic mass is 10.0. The molecule has 1 aromatic carbocycles. The fourth-order valence-electron chi connectivity index (χ4n) is 4.76. The van der Waals surface area contributed by atoms with Crippen LogP contribution in [0.3, 0.4) is 0 Å². The SMILES string of the molecule is Cc1ccnc(C(C)C)c1Nc1nc(-c2ccccc2F)c(Cl)cc1C(=N)N1CC(C)N(C(=O)O)CC1C. The average Bonchev–Trinajstić information content (AvgIpc) is 2.86. The summed E-state index contributed by atoms with van der Waals surface area (Å²) in [6.45, 7) is 10.3. The molecule has 3 aromatic rings. The van der Waals surface area contributed by atoms with Crippen LogP contribution in [0.25, 0.3) is 11.3 Å². The largest absolute Gasteiger partial charge is 0.465 e. The summed E-state index contributed by atoms with van der Waals surface area (Å²) in [7, 11) is 0. The van der Waals surface area contributed by atoms with E-state index in [0.717, 1.165) is 16.9 Å². The number of carbonyl (C=O) groups is 1. The molecule has 38 heavy (non-hydrogen) atoms. The fraction of sp³-hybridized carbons (Fsp3) is 0.357. The molecule has 0 spiro atoms. The standard InChI is InChI=1S/C28H32ClFN6O2/c1-15(2)23-24(16(3)10-11-32-23)33-27-20(12-21(29)25(34-27)19-8-6-7-9-22(19)30)26(31)35-13-18(5)36(28(37)38)14-17(35)4/h6-12,15,17-18,31H,13-14H2,1-5H3,(H,33,34)(H,37,38). The van der Waals surface area contributed by atoms with Crippen LogP contribution in [0.15, 0.2) is 42.6 Å². The molecule has 2 unspecified atom stereocenters. The van der Waals surface area contributed by atoms with Crippen molar-refractivity contribution in [3.05, 3.63) is 70.3 Å². The molecule has 0 aliphatic carbocycles. The maximum Gasteiger partial charge on any atom is 0.407 e. The number of aryl methyl sites for hydroxylation is 1. The van der Waals surface area contributed by atoms with E-state index in [1.165, 1.54) is 11.0 Å². The Morgan fingerprint density at radius 2 is 1.84 bits per heavy atom. The zero-order valence-electron chi connectivity index (χ0n) is 22.1. The summed E-state index contributed by atoms with van der Waals surface area (Å²) >= 11 is 6.67. The van der Waals surface area contributed by atoms with Gasteiger partial charge in [-0.15, -0.1) is 0 Å². The lowest BCUT2D eigenvalue weighted by Crippen LogP contribution is -2.59. The lowest BCUT2D eigenvalue weighted by Gasteiger charge is -2.44. The van der Waals surface area contributed by atoms with Crippen molar-refractivity contribution >= 4 is 35.0 Å². The Morgan fingerprint density at radius 1 is 1.18 bits per heavy atom. The van der Waals surface area contributed by atoms with Crippen LogP contribution in [0, 0.1) is 18.2 Å². The molecule has 1 amide bonds. The number of halogens is 2. The van der Waals surface area contributed by atoms with Crippen molar-refractivity contribution in [2.75, 3.05) is 18.4 Å². The predicted molar refractivity (Wildman–Crippen MR) is 148 cm³/mol. The van der Waals surface area contributed by atoms with Gasteiger partial charge in [-0.2, -0.15) is 0 Å². The third-order valence-electron chi connectivity index (χ3n) is 6.86. The zero-order chi connectivity index (χ0) is 27.7.